The van der Waals surface area contributed by atoms with Crippen molar-refractivity contribution in [3.05, 3.63) is 87.6 Å². The van der Waals surface area contributed by atoms with Crippen LogP contribution in [0.25, 0.3) is 0 Å². The number of hydrogen-bond donors (Lipinski definition) is 2. The van der Waals surface area contributed by atoms with E-state index in [0.29, 0.717) is 41.3 Å². The molecule has 0 spiro atoms. The van der Waals surface area contributed by atoms with Gasteiger partial charge in [-0.3, -0.25) is 39.1 Å². The highest BCUT2D eigenvalue weighted by atomic mass is 16.5. The molecule has 1 aliphatic carbocycles. The first-order valence-electron chi connectivity index (χ1n) is 20.0. The average molecular weight is 772 g/mol. The molecule has 1 aromatic heterocycles. The second-order valence-electron chi connectivity index (χ2n) is 17.5. The first-order chi connectivity index (χ1) is 27.2. The molecule has 13 heteroatoms. The molecule has 3 fully saturated rings. The number of anilines is 1. The minimum Gasteiger partial charge on any atom is -0.489 e. The highest BCUT2D eigenvalue weighted by molar-refractivity contribution is 6.23. The number of amides is 5. The van der Waals surface area contributed by atoms with Gasteiger partial charge in [0.15, 0.2) is 0 Å². The molecule has 8 rings (SSSR count). The number of fused-ring (bicyclic) bond motifs is 2. The first-order valence-corrected chi connectivity index (χ1v) is 20.0. The molecule has 1 unspecified atom stereocenters. The lowest BCUT2D eigenvalue weighted by molar-refractivity contribution is -0.164. The number of rotatable bonds is 9. The summed E-state index contributed by atoms with van der Waals surface area (Å²) in [5, 5.41) is 14.9. The summed E-state index contributed by atoms with van der Waals surface area (Å²) in [4.78, 5) is 74.6. The smallest absolute Gasteiger partial charge is 0.262 e. The van der Waals surface area contributed by atoms with Gasteiger partial charge in [-0.25, -0.2) is 4.98 Å². The zero-order valence-corrected chi connectivity index (χ0v) is 33.2. The molecule has 1 saturated carbocycles. The Kier molecular flexibility index (Phi) is 9.67. The lowest BCUT2D eigenvalue weighted by Crippen LogP contribution is -2.74. The molecule has 296 valence electrons. The van der Waals surface area contributed by atoms with Gasteiger partial charge in [0.1, 0.15) is 23.7 Å². The fourth-order valence-corrected chi connectivity index (χ4v) is 10.2. The van der Waals surface area contributed by atoms with Gasteiger partial charge in [0.2, 0.25) is 11.8 Å². The van der Waals surface area contributed by atoms with E-state index in [9.17, 15) is 29.2 Å². The van der Waals surface area contributed by atoms with Crippen LogP contribution in [0.1, 0.15) is 114 Å². The second-order valence-corrected chi connectivity index (χ2v) is 17.5. The number of nitrogens with one attached hydrogen (secondary N) is 2. The number of aromatic nitrogens is 1. The summed E-state index contributed by atoms with van der Waals surface area (Å²) in [7, 11) is 0. The Morgan fingerprint density at radius 1 is 0.947 bits per heavy atom. The summed E-state index contributed by atoms with van der Waals surface area (Å²) >= 11 is 0. The standard InChI is InChI=1S/C44H49N7O6/c1-6-26-17-31(9-7-27(26)20-45)57-42-43(2,3)41(44(42,4)5)48-37(53)28-8-11-35(46-21-28)50-15-13-25(14-16-50)22-49-23-29-18-32-33(19-30(29)24-49)40(56)51(39(32)55)34-10-12-36(52)47-38(34)54/h7-9,11,17-19,21,25,34,41-42H,6,10,12-16,22-24H2,1-5H3,(H,48,53)(H,47,52,54)/t34?,41-,42-. The summed E-state index contributed by atoms with van der Waals surface area (Å²) in [6.07, 6.45) is 4.47. The van der Waals surface area contributed by atoms with E-state index in [1.54, 1.807) is 6.20 Å². The Morgan fingerprint density at radius 3 is 2.19 bits per heavy atom. The van der Waals surface area contributed by atoms with Crippen molar-refractivity contribution < 1.29 is 28.7 Å². The summed E-state index contributed by atoms with van der Waals surface area (Å²) in [5.41, 5.74) is 4.15. The van der Waals surface area contributed by atoms with Gasteiger partial charge >= 0.3 is 0 Å². The summed E-state index contributed by atoms with van der Waals surface area (Å²) in [6.45, 7) is 14.5. The zero-order valence-electron chi connectivity index (χ0n) is 33.2. The van der Waals surface area contributed by atoms with Crippen LogP contribution >= 0.6 is 0 Å². The second kappa shape index (κ2) is 14.4. The number of pyridine rings is 1. The third kappa shape index (κ3) is 6.73. The van der Waals surface area contributed by atoms with Gasteiger partial charge in [0.05, 0.1) is 28.3 Å². The lowest BCUT2D eigenvalue weighted by atomic mass is 9.49. The molecule has 2 N–H and O–H groups in total. The predicted octanol–water partition coefficient (Wildman–Crippen LogP) is 4.76. The maximum atomic E-state index is 13.5. The molecule has 0 radical (unpaired) electrons. The molecule has 13 nitrogen and oxygen atoms in total. The van der Waals surface area contributed by atoms with Gasteiger partial charge in [-0.1, -0.05) is 34.6 Å². The van der Waals surface area contributed by atoms with Crippen molar-refractivity contribution >= 4 is 35.4 Å². The number of ether oxygens (including phenoxy) is 1. The SMILES string of the molecule is CCc1cc(O[C@H]2C(C)(C)[C@H](NC(=O)c3ccc(N4CCC(CN5Cc6cc7c(cc6C5)C(=O)N(C5CCC(=O)NC5=O)C7=O)CC4)nc3)C2(C)C)ccc1C#N. The van der Waals surface area contributed by atoms with Crippen LogP contribution < -0.4 is 20.3 Å². The minimum absolute atomic E-state index is 0.0927. The monoisotopic (exact) mass is 771 g/mol. The number of nitriles is 1. The Morgan fingerprint density at radius 2 is 1.61 bits per heavy atom. The van der Waals surface area contributed by atoms with E-state index in [-0.39, 0.29) is 41.7 Å². The van der Waals surface area contributed by atoms with Gasteiger partial charge in [0.25, 0.3) is 17.7 Å². The maximum Gasteiger partial charge on any atom is 0.262 e. The van der Waals surface area contributed by atoms with Crippen LogP contribution in [-0.4, -0.2) is 82.1 Å². The molecular weight excluding hydrogens is 723 g/mol. The van der Waals surface area contributed by atoms with Crippen LogP contribution in [0.15, 0.2) is 48.7 Å². The largest absolute Gasteiger partial charge is 0.489 e. The van der Waals surface area contributed by atoms with E-state index in [2.05, 4.69) is 54.2 Å². The Balaban J connectivity index is 0.822. The van der Waals surface area contributed by atoms with Gasteiger partial charge < -0.3 is 15.0 Å². The average Bonchev–Trinajstić information content (AvgIpc) is 3.70. The van der Waals surface area contributed by atoms with E-state index >= 15 is 0 Å². The van der Waals surface area contributed by atoms with Crippen molar-refractivity contribution in [2.45, 2.75) is 98.0 Å². The van der Waals surface area contributed by atoms with Crippen LogP contribution in [0, 0.1) is 28.1 Å². The van der Waals surface area contributed by atoms with Crippen molar-refractivity contribution in [1.82, 2.24) is 25.4 Å². The van der Waals surface area contributed by atoms with Crippen molar-refractivity contribution in [3.8, 4) is 11.8 Å². The van der Waals surface area contributed by atoms with E-state index < -0.39 is 29.7 Å². The van der Waals surface area contributed by atoms with Crippen LogP contribution in [-0.2, 0) is 29.1 Å². The van der Waals surface area contributed by atoms with Crippen LogP contribution in [0.5, 0.6) is 5.75 Å². The van der Waals surface area contributed by atoms with E-state index in [1.807, 2.05) is 49.4 Å². The molecule has 2 saturated heterocycles. The molecule has 4 aliphatic heterocycles. The van der Waals surface area contributed by atoms with Crippen molar-refractivity contribution in [2.75, 3.05) is 24.5 Å². The van der Waals surface area contributed by atoms with Gasteiger partial charge in [-0.15, -0.1) is 0 Å². The molecule has 1 atom stereocenters. The molecular formula is C44H49N7O6. The van der Waals surface area contributed by atoms with E-state index in [0.717, 1.165) is 72.1 Å². The molecule has 3 aromatic rings. The number of imide groups is 2. The quantitative estimate of drug-likeness (QED) is 0.290. The van der Waals surface area contributed by atoms with Crippen molar-refractivity contribution in [2.24, 2.45) is 16.7 Å². The molecule has 0 bridgehead atoms. The summed E-state index contributed by atoms with van der Waals surface area (Å²) < 4.78 is 6.51. The zero-order chi connectivity index (χ0) is 40.4. The molecule has 5 aliphatic rings. The van der Waals surface area contributed by atoms with Crippen molar-refractivity contribution in [1.29, 1.82) is 5.26 Å². The topological polar surface area (TPSA) is 165 Å². The Labute approximate surface area is 332 Å². The third-order valence-electron chi connectivity index (χ3n) is 13.0. The lowest BCUT2D eigenvalue weighted by Gasteiger charge is -2.63. The molecule has 57 heavy (non-hydrogen) atoms. The number of carbonyl (C=O) groups excluding carboxylic acids is 5. The highest BCUT2D eigenvalue weighted by Gasteiger charge is 2.64. The van der Waals surface area contributed by atoms with Gasteiger partial charge in [-0.05, 0) is 90.8 Å². The maximum absolute atomic E-state index is 13.5. The molecule has 5 amide bonds. The van der Waals surface area contributed by atoms with Gasteiger partial charge in [0, 0.05) is 62.2 Å². The highest BCUT2D eigenvalue weighted by Crippen LogP contribution is 2.55. The van der Waals surface area contributed by atoms with Crippen molar-refractivity contribution in [3.63, 3.8) is 0 Å². The Bertz CT molecular complexity index is 2160. The first kappa shape index (κ1) is 38.3. The Hall–Kier alpha value is -5.61. The number of aryl methyl sites for hydroxylation is 1. The van der Waals surface area contributed by atoms with E-state index in [4.69, 9.17) is 9.72 Å². The molecule has 2 aromatic carbocycles. The summed E-state index contributed by atoms with van der Waals surface area (Å²) in [6, 6.07) is 14.2. The van der Waals surface area contributed by atoms with E-state index in [1.165, 1.54) is 0 Å². The fraction of sp³-hybridized carbons (Fsp3) is 0.477. The summed E-state index contributed by atoms with van der Waals surface area (Å²) in [5.74, 6) is -0.0529. The number of nitrogens with zero attached hydrogens (tertiary/aromatic N) is 5. The molecule has 5 heterocycles. The van der Waals surface area contributed by atoms with Crippen LogP contribution in [0.4, 0.5) is 5.82 Å². The number of hydrogen-bond acceptors (Lipinski definition) is 10. The number of benzene rings is 2. The van der Waals surface area contributed by atoms with Gasteiger partial charge in [-0.2, -0.15) is 5.26 Å². The third-order valence-corrected chi connectivity index (χ3v) is 13.0. The number of carbonyl (C=O) groups is 5. The fourth-order valence-electron chi connectivity index (χ4n) is 10.2. The predicted molar refractivity (Wildman–Crippen MR) is 210 cm³/mol. The minimum atomic E-state index is -0.968. The number of piperidine rings is 2. The van der Waals surface area contributed by atoms with Crippen LogP contribution in [0.2, 0.25) is 0 Å². The normalized spacial score (nSPS) is 24.0. The van der Waals surface area contributed by atoms with Crippen LogP contribution in [0.3, 0.4) is 0 Å².